The Labute approximate surface area is 110 Å². The number of ether oxygens (including phenoxy) is 1. The van der Waals surface area contributed by atoms with Crippen LogP contribution in [-0.4, -0.2) is 16.0 Å². The summed E-state index contributed by atoms with van der Waals surface area (Å²) in [5.41, 5.74) is 0.839. The summed E-state index contributed by atoms with van der Waals surface area (Å²) < 4.78 is 18.3. The summed E-state index contributed by atoms with van der Waals surface area (Å²) in [5, 5.41) is 3.36. The van der Waals surface area contributed by atoms with Gasteiger partial charge in [-0.05, 0) is 37.1 Å². The van der Waals surface area contributed by atoms with Gasteiger partial charge in [0.1, 0.15) is 11.6 Å². The maximum Gasteiger partial charge on any atom is 0.238 e. The highest BCUT2D eigenvalue weighted by molar-refractivity contribution is 5.26. The van der Waals surface area contributed by atoms with Crippen LogP contribution in [0.5, 0.6) is 11.6 Å². The fourth-order valence-electron chi connectivity index (χ4n) is 1.68. The molecule has 1 saturated carbocycles. The second-order valence-electron chi connectivity index (χ2n) is 4.56. The maximum atomic E-state index is 12.8. The summed E-state index contributed by atoms with van der Waals surface area (Å²) in [6.45, 7) is 0.693. The zero-order valence-corrected chi connectivity index (χ0v) is 10.3. The van der Waals surface area contributed by atoms with E-state index >= 15 is 0 Å². The van der Waals surface area contributed by atoms with Crippen LogP contribution >= 0.6 is 0 Å². The van der Waals surface area contributed by atoms with Crippen molar-refractivity contribution in [1.82, 2.24) is 15.3 Å². The van der Waals surface area contributed by atoms with Crippen molar-refractivity contribution in [2.45, 2.75) is 25.4 Å². The van der Waals surface area contributed by atoms with Crippen molar-refractivity contribution >= 4 is 0 Å². The van der Waals surface area contributed by atoms with Gasteiger partial charge in [-0.2, -0.15) is 0 Å². The number of rotatable bonds is 5. The van der Waals surface area contributed by atoms with E-state index in [4.69, 9.17) is 4.74 Å². The first-order valence-electron chi connectivity index (χ1n) is 6.27. The lowest BCUT2D eigenvalue weighted by Crippen LogP contribution is -2.16. The average molecular weight is 259 g/mol. The van der Waals surface area contributed by atoms with Crippen LogP contribution in [0.1, 0.15) is 18.5 Å². The van der Waals surface area contributed by atoms with Gasteiger partial charge >= 0.3 is 0 Å². The fourth-order valence-corrected chi connectivity index (χ4v) is 1.68. The number of halogens is 1. The van der Waals surface area contributed by atoms with Gasteiger partial charge in [0.2, 0.25) is 5.88 Å². The SMILES string of the molecule is Fc1ccc(Oc2cncc(CNC3CC3)n2)cc1. The summed E-state index contributed by atoms with van der Waals surface area (Å²) >= 11 is 0. The highest BCUT2D eigenvalue weighted by Gasteiger charge is 2.20. The minimum atomic E-state index is -0.291. The van der Waals surface area contributed by atoms with Crippen molar-refractivity contribution in [1.29, 1.82) is 0 Å². The molecule has 5 heteroatoms. The second-order valence-corrected chi connectivity index (χ2v) is 4.56. The molecule has 2 aromatic rings. The Kier molecular flexibility index (Phi) is 3.37. The van der Waals surface area contributed by atoms with Crippen molar-refractivity contribution in [2.75, 3.05) is 0 Å². The summed E-state index contributed by atoms with van der Waals surface area (Å²) in [6.07, 6.45) is 5.73. The van der Waals surface area contributed by atoms with Crippen molar-refractivity contribution in [2.24, 2.45) is 0 Å². The first-order valence-corrected chi connectivity index (χ1v) is 6.27. The molecule has 98 valence electrons. The molecule has 0 radical (unpaired) electrons. The van der Waals surface area contributed by atoms with E-state index in [1.165, 1.54) is 25.0 Å². The molecule has 0 spiro atoms. The smallest absolute Gasteiger partial charge is 0.238 e. The Morgan fingerprint density at radius 2 is 2.00 bits per heavy atom. The number of aromatic nitrogens is 2. The second kappa shape index (κ2) is 5.32. The highest BCUT2D eigenvalue weighted by atomic mass is 19.1. The predicted molar refractivity (Wildman–Crippen MR) is 68.4 cm³/mol. The molecule has 0 amide bonds. The largest absolute Gasteiger partial charge is 0.437 e. The molecular weight excluding hydrogens is 245 g/mol. The third-order valence-corrected chi connectivity index (χ3v) is 2.85. The van der Waals surface area contributed by atoms with Gasteiger partial charge in [-0.1, -0.05) is 0 Å². The van der Waals surface area contributed by atoms with E-state index in [0.717, 1.165) is 5.69 Å². The van der Waals surface area contributed by atoms with Gasteiger partial charge in [-0.25, -0.2) is 9.37 Å². The third kappa shape index (κ3) is 3.48. The molecule has 0 atom stereocenters. The minimum absolute atomic E-state index is 0.291. The van der Waals surface area contributed by atoms with Gasteiger partial charge in [-0.15, -0.1) is 0 Å². The van der Waals surface area contributed by atoms with E-state index < -0.39 is 0 Å². The van der Waals surface area contributed by atoms with E-state index in [0.29, 0.717) is 24.2 Å². The number of nitrogens with one attached hydrogen (secondary N) is 1. The molecule has 3 rings (SSSR count). The molecule has 1 aromatic heterocycles. The molecule has 1 aliphatic rings. The average Bonchev–Trinajstić information content (AvgIpc) is 3.24. The Morgan fingerprint density at radius 3 is 2.74 bits per heavy atom. The zero-order valence-electron chi connectivity index (χ0n) is 10.3. The Morgan fingerprint density at radius 1 is 1.21 bits per heavy atom. The molecule has 1 aromatic carbocycles. The topological polar surface area (TPSA) is 47.0 Å². The van der Waals surface area contributed by atoms with E-state index in [-0.39, 0.29) is 5.82 Å². The first-order chi connectivity index (χ1) is 9.29. The number of hydrogen-bond acceptors (Lipinski definition) is 4. The van der Waals surface area contributed by atoms with Crippen molar-refractivity contribution in [3.8, 4) is 11.6 Å². The van der Waals surface area contributed by atoms with Crippen LogP contribution < -0.4 is 10.1 Å². The van der Waals surface area contributed by atoms with Gasteiger partial charge in [0, 0.05) is 18.8 Å². The molecule has 19 heavy (non-hydrogen) atoms. The van der Waals surface area contributed by atoms with Crippen LogP contribution in [0, 0.1) is 5.82 Å². The molecule has 1 fully saturated rings. The van der Waals surface area contributed by atoms with E-state index in [2.05, 4.69) is 15.3 Å². The summed E-state index contributed by atoms with van der Waals surface area (Å²) in [4.78, 5) is 8.44. The lowest BCUT2D eigenvalue weighted by Gasteiger charge is -2.06. The molecular formula is C14H14FN3O. The van der Waals surface area contributed by atoms with E-state index in [9.17, 15) is 4.39 Å². The fraction of sp³-hybridized carbons (Fsp3) is 0.286. The molecule has 1 heterocycles. The van der Waals surface area contributed by atoms with Crippen LogP contribution in [0.3, 0.4) is 0 Å². The molecule has 0 bridgehead atoms. The van der Waals surface area contributed by atoms with E-state index in [1.807, 2.05) is 0 Å². The first kappa shape index (κ1) is 12.0. The normalized spacial score (nSPS) is 14.4. The molecule has 0 saturated heterocycles. The van der Waals surface area contributed by atoms with Gasteiger partial charge in [0.25, 0.3) is 0 Å². The van der Waals surface area contributed by atoms with Crippen LogP contribution in [0.2, 0.25) is 0 Å². The molecule has 1 aliphatic carbocycles. The summed E-state index contributed by atoms with van der Waals surface area (Å²) in [7, 11) is 0. The van der Waals surface area contributed by atoms with Crippen LogP contribution in [-0.2, 0) is 6.54 Å². The van der Waals surface area contributed by atoms with Crippen molar-refractivity contribution in [3.05, 3.63) is 48.2 Å². The van der Waals surface area contributed by atoms with Gasteiger partial charge in [-0.3, -0.25) is 4.98 Å². The lowest BCUT2D eigenvalue weighted by atomic mass is 10.3. The van der Waals surface area contributed by atoms with E-state index in [1.54, 1.807) is 24.5 Å². The zero-order chi connectivity index (χ0) is 13.1. The number of hydrogen-bond donors (Lipinski definition) is 1. The number of benzene rings is 1. The van der Waals surface area contributed by atoms with Crippen LogP contribution in [0.25, 0.3) is 0 Å². The standard InChI is InChI=1S/C14H14FN3O/c15-10-1-5-13(6-2-10)19-14-9-16-7-12(18-14)8-17-11-3-4-11/h1-2,5-7,9,11,17H,3-4,8H2. The maximum absolute atomic E-state index is 12.8. The molecule has 0 aliphatic heterocycles. The molecule has 4 nitrogen and oxygen atoms in total. The molecule has 1 N–H and O–H groups in total. The summed E-state index contributed by atoms with van der Waals surface area (Å²) in [6, 6.07) is 6.45. The van der Waals surface area contributed by atoms with Gasteiger partial charge < -0.3 is 10.1 Å². The minimum Gasteiger partial charge on any atom is -0.437 e. The van der Waals surface area contributed by atoms with Crippen LogP contribution in [0.15, 0.2) is 36.7 Å². The van der Waals surface area contributed by atoms with Crippen molar-refractivity contribution in [3.63, 3.8) is 0 Å². The Hall–Kier alpha value is -2.01. The Balaban J connectivity index is 1.66. The summed E-state index contributed by atoms with van der Waals surface area (Å²) in [5.74, 6) is 0.672. The quantitative estimate of drug-likeness (QED) is 0.896. The van der Waals surface area contributed by atoms with Gasteiger partial charge in [0.05, 0.1) is 11.9 Å². The monoisotopic (exact) mass is 259 g/mol. The lowest BCUT2D eigenvalue weighted by molar-refractivity contribution is 0.454. The van der Waals surface area contributed by atoms with Gasteiger partial charge in [0.15, 0.2) is 0 Å². The Bertz CT molecular complexity index is 555. The van der Waals surface area contributed by atoms with Crippen LogP contribution in [0.4, 0.5) is 4.39 Å². The number of nitrogens with zero attached hydrogens (tertiary/aromatic N) is 2. The molecule has 0 unspecified atom stereocenters. The predicted octanol–water partition coefficient (Wildman–Crippen LogP) is 2.66. The highest BCUT2D eigenvalue weighted by Crippen LogP contribution is 2.20. The van der Waals surface area contributed by atoms with Crippen molar-refractivity contribution < 1.29 is 9.13 Å². The third-order valence-electron chi connectivity index (χ3n) is 2.85.